The molecule has 2 aliphatic rings. The summed E-state index contributed by atoms with van der Waals surface area (Å²) in [6.45, 7) is 4.92. The summed E-state index contributed by atoms with van der Waals surface area (Å²) in [5, 5.41) is 22.2. The van der Waals surface area contributed by atoms with Crippen molar-refractivity contribution in [2.75, 3.05) is 31.5 Å². The summed E-state index contributed by atoms with van der Waals surface area (Å²) >= 11 is 0. The van der Waals surface area contributed by atoms with Gasteiger partial charge >= 0.3 is 0 Å². The first-order valence-corrected chi connectivity index (χ1v) is 17.2. The van der Waals surface area contributed by atoms with Crippen molar-refractivity contribution in [3.8, 4) is 6.07 Å². The van der Waals surface area contributed by atoms with Crippen LogP contribution in [0.15, 0.2) is 60.8 Å². The Hall–Kier alpha value is -5.02. The lowest BCUT2D eigenvalue weighted by molar-refractivity contribution is -0.138. The number of aryl methyl sites for hydroxylation is 1. The summed E-state index contributed by atoms with van der Waals surface area (Å²) in [7, 11) is 1.69. The van der Waals surface area contributed by atoms with E-state index < -0.39 is 12.1 Å². The lowest BCUT2D eigenvalue weighted by Crippen LogP contribution is -2.55. The molecule has 0 bridgehead atoms. The second kappa shape index (κ2) is 16.9. The molecule has 12 nitrogen and oxygen atoms in total. The number of nitrogens with one attached hydrogen (secondary N) is 3. The first-order chi connectivity index (χ1) is 23.7. The number of benzene rings is 2. The van der Waals surface area contributed by atoms with Gasteiger partial charge in [0.1, 0.15) is 17.8 Å². The van der Waals surface area contributed by atoms with Crippen LogP contribution in [0.5, 0.6) is 0 Å². The Labute approximate surface area is 287 Å². The topological polar surface area (TPSA) is 152 Å². The summed E-state index contributed by atoms with van der Waals surface area (Å²) in [6.07, 6.45) is 7.03. The lowest BCUT2D eigenvalue weighted by atomic mass is 9.83. The van der Waals surface area contributed by atoms with E-state index in [1.165, 1.54) is 4.68 Å². The minimum Gasteiger partial charge on any atom is -0.344 e. The summed E-state index contributed by atoms with van der Waals surface area (Å²) in [4.78, 5) is 56.8. The van der Waals surface area contributed by atoms with Crippen molar-refractivity contribution < 1.29 is 19.2 Å². The number of nitriles is 1. The molecule has 2 fully saturated rings. The van der Waals surface area contributed by atoms with Gasteiger partial charge in [-0.25, -0.2) is 0 Å². The first kappa shape index (κ1) is 35.3. The van der Waals surface area contributed by atoms with Gasteiger partial charge in [-0.2, -0.15) is 10.4 Å². The fourth-order valence-corrected chi connectivity index (χ4v) is 6.70. The number of hydrogen-bond donors (Lipinski definition) is 3. The van der Waals surface area contributed by atoms with Crippen molar-refractivity contribution in [3.63, 3.8) is 0 Å². The summed E-state index contributed by atoms with van der Waals surface area (Å²) in [5.41, 5.74) is 3.51. The molecule has 1 saturated heterocycles. The molecule has 1 saturated carbocycles. The van der Waals surface area contributed by atoms with E-state index in [9.17, 15) is 24.4 Å². The molecule has 1 aliphatic heterocycles. The zero-order valence-corrected chi connectivity index (χ0v) is 28.4. The van der Waals surface area contributed by atoms with E-state index in [1.54, 1.807) is 44.4 Å². The van der Waals surface area contributed by atoms with E-state index in [1.807, 2.05) is 35.2 Å². The highest BCUT2D eigenvalue weighted by Gasteiger charge is 2.32. The molecule has 4 amide bonds. The van der Waals surface area contributed by atoms with Crippen LogP contribution < -0.4 is 16.0 Å². The van der Waals surface area contributed by atoms with Crippen LogP contribution in [0.25, 0.3) is 0 Å². The van der Waals surface area contributed by atoms with E-state index in [0.29, 0.717) is 56.1 Å². The van der Waals surface area contributed by atoms with Gasteiger partial charge in [-0.15, -0.1) is 0 Å². The molecular formula is C37H46N8O4. The lowest BCUT2D eigenvalue weighted by Gasteiger charge is -2.36. The number of nitrogens with zero attached hydrogens (tertiary/aromatic N) is 5. The Morgan fingerprint density at radius 1 is 0.939 bits per heavy atom. The summed E-state index contributed by atoms with van der Waals surface area (Å²) < 4.78 is 1.49. The highest BCUT2D eigenvalue weighted by Crippen LogP contribution is 2.28. The largest absolute Gasteiger partial charge is 0.344 e. The maximum atomic E-state index is 13.7. The Balaban J connectivity index is 1.20. The Morgan fingerprint density at radius 2 is 1.67 bits per heavy atom. The number of hydrogen-bond acceptors (Lipinski definition) is 7. The smallest absolute Gasteiger partial charge is 0.270 e. The molecular weight excluding hydrogens is 620 g/mol. The molecule has 2 unspecified atom stereocenters. The average molecular weight is 667 g/mol. The molecule has 0 spiro atoms. The SMILES string of the molecule is CCC(=O)NC(Cc1ccc(NC(=O)C(NC(=O)c2ccnn2C)C2CCCCC2)cc1)C(=O)N1CCN(Cc2cccc(C#N)c2)CC1. The normalized spacial score (nSPS) is 16.6. The highest BCUT2D eigenvalue weighted by molar-refractivity contribution is 6.00. The zero-order chi connectivity index (χ0) is 34.8. The van der Waals surface area contributed by atoms with Crippen LogP contribution in [0.1, 0.15) is 72.6 Å². The third kappa shape index (κ3) is 9.54. The number of amides is 4. The van der Waals surface area contributed by atoms with E-state index in [-0.39, 0.29) is 36.0 Å². The number of anilines is 1. The van der Waals surface area contributed by atoms with Crippen LogP contribution in [0, 0.1) is 17.2 Å². The van der Waals surface area contributed by atoms with Crippen molar-refractivity contribution in [2.24, 2.45) is 13.0 Å². The van der Waals surface area contributed by atoms with Crippen molar-refractivity contribution in [1.29, 1.82) is 5.26 Å². The van der Waals surface area contributed by atoms with Crippen LogP contribution in [0.2, 0.25) is 0 Å². The molecule has 1 aromatic heterocycles. The van der Waals surface area contributed by atoms with Gasteiger partial charge < -0.3 is 20.9 Å². The highest BCUT2D eigenvalue weighted by atomic mass is 16.2. The number of carbonyl (C=O) groups excluding carboxylic acids is 4. The molecule has 3 aromatic rings. The predicted octanol–water partition coefficient (Wildman–Crippen LogP) is 3.39. The number of piperazine rings is 1. The van der Waals surface area contributed by atoms with Gasteiger partial charge in [-0.05, 0) is 60.2 Å². The van der Waals surface area contributed by atoms with Crippen molar-refractivity contribution >= 4 is 29.3 Å². The van der Waals surface area contributed by atoms with Crippen LogP contribution in [-0.4, -0.2) is 81.5 Å². The minimum atomic E-state index is -0.718. The predicted molar refractivity (Wildman–Crippen MR) is 185 cm³/mol. The third-order valence-corrected chi connectivity index (χ3v) is 9.51. The molecule has 1 aliphatic carbocycles. The fraction of sp³-hybridized carbons (Fsp3) is 0.459. The second-order valence-corrected chi connectivity index (χ2v) is 13.0. The third-order valence-electron chi connectivity index (χ3n) is 9.51. The van der Waals surface area contributed by atoms with Crippen LogP contribution in [0.4, 0.5) is 5.69 Å². The monoisotopic (exact) mass is 666 g/mol. The average Bonchev–Trinajstić information content (AvgIpc) is 3.57. The fourth-order valence-electron chi connectivity index (χ4n) is 6.70. The summed E-state index contributed by atoms with van der Waals surface area (Å²) in [6, 6.07) is 17.3. The molecule has 258 valence electrons. The summed E-state index contributed by atoms with van der Waals surface area (Å²) in [5.74, 6) is -0.881. The number of aromatic nitrogens is 2. The van der Waals surface area contributed by atoms with Crippen LogP contribution in [0.3, 0.4) is 0 Å². The van der Waals surface area contributed by atoms with Crippen molar-refractivity contribution in [2.45, 2.75) is 70.5 Å². The molecule has 0 radical (unpaired) electrons. The Morgan fingerprint density at radius 3 is 2.33 bits per heavy atom. The maximum absolute atomic E-state index is 13.7. The molecule has 2 aromatic carbocycles. The van der Waals surface area contributed by atoms with Gasteiger partial charge in [-0.1, -0.05) is 50.5 Å². The molecule has 3 N–H and O–H groups in total. The molecule has 2 atom stereocenters. The Kier molecular flexibility index (Phi) is 12.2. The second-order valence-electron chi connectivity index (χ2n) is 13.0. The van der Waals surface area contributed by atoms with Gasteiger partial charge in [0.2, 0.25) is 17.7 Å². The van der Waals surface area contributed by atoms with Crippen molar-refractivity contribution in [3.05, 3.63) is 83.2 Å². The van der Waals surface area contributed by atoms with E-state index >= 15 is 0 Å². The molecule has 5 rings (SSSR count). The van der Waals surface area contributed by atoms with E-state index in [0.717, 1.165) is 43.2 Å². The first-order valence-electron chi connectivity index (χ1n) is 17.2. The van der Waals surface area contributed by atoms with Crippen molar-refractivity contribution in [1.82, 2.24) is 30.2 Å². The van der Waals surface area contributed by atoms with Crippen LogP contribution >= 0.6 is 0 Å². The van der Waals surface area contributed by atoms with E-state index in [4.69, 9.17) is 0 Å². The zero-order valence-electron chi connectivity index (χ0n) is 28.4. The van der Waals surface area contributed by atoms with Gasteiger partial charge in [0.15, 0.2) is 0 Å². The number of rotatable bonds is 12. The molecule has 49 heavy (non-hydrogen) atoms. The number of carbonyl (C=O) groups is 4. The standard InChI is InChI=1S/C37H46N8O4/c1-3-33(46)41-31(37(49)45-20-18-44(19-21-45)25-28-9-7-8-27(22-28)24-38)23-26-12-14-30(15-13-26)40-36(48)34(29-10-5-4-6-11-29)42-35(47)32-16-17-39-43(32)2/h7-9,12-17,22,29,31,34H,3-6,10-11,18-21,23,25H2,1-2H3,(H,40,48)(H,41,46)(H,42,47). The van der Waals surface area contributed by atoms with Gasteiger partial charge in [0.25, 0.3) is 5.91 Å². The molecule has 12 heteroatoms. The van der Waals surface area contributed by atoms with Gasteiger partial charge in [0, 0.05) is 64.5 Å². The van der Waals surface area contributed by atoms with Gasteiger partial charge in [-0.3, -0.25) is 28.8 Å². The van der Waals surface area contributed by atoms with Crippen LogP contribution in [-0.2, 0) is 34.4 Å². The minimum absolute atomic E-state index is 0.0378. The maximum Gasteiger partial charge on any atom is 0.270 e. The molecule has 2 heterocycles. The Bertz CT molecular complexity index is 1650. The van der Waals surface area contributed by atoms with E-state index in [2.05, 4.69) is 32.0 Å². The van der Waals surface area contributed by atoms with Gasteiger partial charge in [0.05, 0.1) is 11.6 Å². The quantitative estimate of drug-likeness (QED) is 0.268.